The van der Waals surface area contributed by atoms with Crippen molar-refractivity contribution in [1.29, 1.82) is 0 Å². The van der Waals surface area contributed by atoms with Crippen LogP contribution in [0.1, 0.15) is 36.0 Å². The van der Waals surface area contributed by atoms with Gasteiger partial charge >= 0.3 is 5.91 Å². The Balaban J connectivity index is 1.47. The van der Waals surface area contributed by atoms with E-state index in [-0.39, 0.29) is 18.1 Å². The maximum Gasteiger partial charge on any atom is 0.348 e. The van der Waals surface area contributed by atoms with Gasteiger partial charge in [0.05, 0.1) is 40.9 Å². The van der Waals surface area contributed by atoms with Gasteiger partial charge in [-0.2, -0.15) is 0 Å². The fourth-order valence-corrected chi connectivity index (χ4v) is 6.84. The van der Waals surface area contributed by atoms with E-state index in [1.54, 1.807) is 24.3 Å². The van der Waals surface area contributed by atoms with E-state index < -0.39 is 10.0 Å². The van der Waals surface area contributed by atoms with Gasteiger partial charge < -0.3 is 10.1 Å². The van der Waals surface area contributed by atoms with Gasteiger partial charge in [0, 0.05) is 56.4 Å². The summed E-state index contributed by atoms with van der Waals surface area (Å²) in [6, 6.07) is 12.6. The summed E-state index contributed by atoms with van der Waals surface area (Å²) in [5.41, 5.74) is 1.00. The molecule has 2 fully saturated rings. The molecule has 7 nitrogen and oxygen atoms in total. The van der Waals surface area contributed by atoms with Gasteiger partial charge in [0.15, 0.2) is 0 Å². The van der Waals surface area contributed by atoms with E-state index in [9.17, 15) is 13.2 Å². The molecule has 3 heterocycles. The molecule has 36 heavy (non-hydrogen) atoms. The van der Waals surface area contributed by atoms with Crippen molar-refractivity contribution >= 4 is 50.0 Å². The molecule has 0 aliphatic carbocycles. The Morgan fingerprint density at radius 2 is 1.72 bits per heavy atom. The number of quaternary nitrogens is 1. The molecular weight excluding hydrogens is 521 g/mol. The van der Waals surface area contributed by atoms with E-state index in [0.29, 0.717) is 62.7 Å². The van der Waals surface area contributed by atoms with Crippen molar-refractivity contribution in [2.75, 3.05) is 32.4 Å². The van der Waals surface area contributed by atoms with Crippen LogP contribution in [0.3, 0.4) is 0 Å². The highest BCUT2D eigenvalue weighted by Gasteiger charge is 2.48. The molecule has 2 aliphatic heterocycles. The summed E-state index contributed by atoms with van der Waals surface area (Å²) in [5.74, 6) is 0.660. The van der Waals surface area contributed by atoms with E-state index in [0.717, 1.165) is 32.2 Å². The third kappa shape index (κ3) is 4.77. The van der Waals surface area contributed by atoms with Gasteiger partial charge in [-0.3, -0.25) is 4.48 Å². The average Bonchev–Trinajstić information content (AvgIpc) is 3.27. The molecule has 0 unspecified atom stereocenters. The van der Waals surface area contributed by atoms with E-state index in [1.807, 2.05) is 18.2 Å². The lowest BCUT2D eigenvalue weighted by atomic mass is 9.93. The van der Waals surface area contributed by atoms with Crippen molar-refractivity contribution in [2.45, 2.75) is 37.8 Å². The first kappa shape index (κ1) is 25.5. The fraction of sp³-hybridized carbons (Fsp3) is 0.423. The van der Waals surface area contributed by atoms with Crippen LogP contribution in [0.4, 0.5) is 0 Å². The monoisotopic (exact) mass is 550 g/mol. The number of nitrogens with zero attached hydrogens (tertiary/aromatic N) is 2. The topological polar surface area (TPSA) is 77.4 Å². The SMILES string of the molecule is CS(=O)(=O)n1cc(C(=O)[N+]2(C3CCNCC3)CCC(Oc3ccc(Cl)c(Cl)c3)CC2)c2ccccc21. The molecule has 5 rings (SSSR count). The zero-order valence-corrected chi connectivity index (χ0v) is 22.5. The number of carbonyl (C=O) groups excluding carboxylic acids is 1. The molecule has 0 radical (unpaired) electrons. The number of likely N-dealkylation sites (tertiary alicyclic amines) is 1. The van der Waals surface area contributed by atoms with E-state index in [2.05, 4.69) is 5.32 Å². The highest BCUT2D eigenvalue weighted by atomic mass is 35.5. The van der Waals surface area contributed by atoms with Crippen LogP contribution in [-0.4, -0.2) is 67.4 Å². The zero-order chi connectivity index (χ0) is 25.5. The molecule has 1 amide bonds. The molecule has 2 saturated heterocycles. The number of rotatable bonds is 5. The number of fused-ring (bicyclic) bond motifs is 1. The van der Waals surface area contributed by atoms with Gasteiger partial charge in [-0.05, 0) is 18.2 Å². The number of hydrogen-bond acceptors (Lipinski definition) is 5. The number of piperidine rings is 2. The van der Waals surface area contributed by atoms with E-state index in [1.165, 1.54) is 10.2 Å². The first-order valence-electron chi connectivity index (χ1n) is 12.2. The predicted molar refractivity (Wildman–Crippen MR) is 143 cm³/mol. The Bertz CT molecular complexity index is 1390. The lowest BCUT2D eigenvalue weighted by Gasteiger charge is -2.47. The second-order valence-corrected chi connectivity index (χ2v) is 12.5. The molecule has 0 spiro atoms. The van der Waals surface area contributed by atoms with Crippen molar-refractivity contribution in [3.05, 3.63) is 64.3 Å². The second-order valence-electron chi connectivity index (χ2n) is 9.78. The minimum Gasteiger partial charge on any atom is -0.490 e. The number of carbonyl (C=O) groups is 1. The number of benzene rings is 2. The van der Waals surface area contributed by atoms with Crippen LogP contribution in [0.2, 0.25) is 10.0 Å². The number of halogens is 2. The van der Waals surface area contributed by atoms with Crippen LogP contribution in [0.5, 0.6) is 5.75 Å². The minimum atomic E-state index is -3.56. The quantitative estimate of drug-likeness (QED) is 0.465. The van der Waals surface area contributed by atoms with Crippen LogP contribution < -0.4 is 10.1 Å². The molecule has 2 aromatic carbocycles. The Morgan fingerprint density at radius 1 is 1.03 bits per heavy atom. The predicted octanol–water partition coefficient (Wildman–Crippen LogP) is 4.71. The minimum absolute atomic E-state index is 0.00603. The summed E-state index contributed by atoms with van der Waals surface area (Å²) < 4.78 is 32.8. The fourth-order valence-electron chi connectivity index (χ4n) is 5.73. The molecule has 0 bridgehead atoms. The number of nitrogens with one attached hydrogen (secondary N) is 1. The lowest BCUT2D eigenvalue weighted by molar-refractivity contribution is -0.881. The van der Waals surface area contributed by atoms with Crippen LogP contribution in [-0.2, 0) is 10.0 Å². The van der Waals surface area contributed by atoms with Crippen molar-refractivity contribution in [3.8, 4) is 5.75 Å². The summed E-state index contributed by atoms with van der Waals surface area (Å²) in [5, 5.41) is 5.00. The third-order valence-electron chi connectivity index (χ3n) is 7.57. The van der Waals surface area contributed by atoms with Gasteiger partial charge in [-0.15, -0.1) is 0 Å². The zero-order valence-electron chi connectivity index (χ0n) is 20.1. The van der Waals surface area contributed by atoms with Gasteiger partial charge in [-0.25, -0.2) is 17.2 Å². The Kier molecular flexibility index (Phi) is 7.09. The molecule has 1 N–H and O–H groups in total. The molecule has 2 aliphatic rings. The Morgan fingerprint density at radius 3 is 2.39 bits per heavy atom. The normalized spacial score (nSPS) is 23.6. The lowest BCUT2D eigenvalue weighted by Crippen LogP contribution is -2.65. The van der Waals surface area contributed by atoms with Gasteiger partial charge in [-0.1, -0.05) is 41.4 Å². The molecule has 10 heteroatoms. The number of amides is 1. The molecule has 3 aromatic rings. The standard InChI is InChI=1S/C26H30Cl2N3O4S/c1-36(33,34)30-17-22(21-4-2-3-5-25(21)30)26(32)31(18-8-12-29-13-9-18)14-10-19(11-15-31)35-20-6-7-23(27)24(28)16-20/h2-7,16-19,29H,8-15H2,1H3/q+1. The summed E-state index contributed by atoms with van der Waals surface area (Å²) in [6.07, 6.45) is 5.85. The van der Waals surface area contributed by atoms with Crippen LogP contribution in [0, 0.1) is 0 Å². The Labute approximate surface area is 221 Å². The third-order valence-corrected chi connectivity index (χ3v) is 9.33. The van der Waals surface area contributed by atoms with Gasteiger partial charge in [0.2, 0.25) is 10.0 Å². The molecule has 0 atom stereocenters. The number of ether oxygens (including phenoxy) is 1. The highest BCUT2D eigenvalue weighted by molar-refractivity contribution is 7.89. The average molecular weight is 552 g/mol. The molecular formula is C26H30Cl2N3O4S+. The summed E-state index contributed by atoms with van der Waals surface area (Å²) in [4.78, 5) is 14.4. The maximum atomic E-state index is 14.4. The van der Waals surface area contributed by atoms with Crippen molar-refractivity contribution < 1.29 is 22.4 Å². The van der Waals surface area contributed by atoms with Crippen LogP contribution in [0.25, 0.3) is 10.9 Å². The first-order chi connectivity index (χ1) is 17.2. The Hall–Kier alpha value is -2.10. The number of aromatic nitrogens is 1. The molecule has 1 aromatic heterocycles. The number of hydrogen-bond donors (Lipinski definition) is 1. The maximum absolute atomic E-state index is 14.4. The summed E-state index contributed by atoms with van der Waals surface area (Å²) >= 11 is 12.2. The van der Waals surface area contributed by atoms with Gasteiger partial charge in [0.1, 0.15) is 17.4 Å². The van der Waals surface area contributed by atoms with E-state index >= 15 is 0 Å². The van der Waals surface area contributed by atoms with Crippen molar-refractivity contribution in [1.82, 2.24) is 9.29 Å². The largest absolute Gasteiger partial charge is 0.490 e. The second kappa shape index (κ2) is 9.99. The highest BCUT2D eigenvalue weighted by Crippen LogP contribution is 2.35. The van der Waals surface area contributed by atoms with Crippen molar-refractivity contribution in [2.24, 2.45) is 0 Å². The molecule has 0 saturated carbocycles. The number of para-hydroxylation sites is 1. The van der Waals surface area contributed by atoms with Crippen molar-refractivity contribution in [3.63, 3.8) is 0 Å². The molecule has 192 valence electrons. The summed E-state index contributed by atoms with van der Waals surface area (Å²) in [6.45, 7) is 3.00. The smallest absolute Gasteiger partial charge is 0.348 e. The van der Waals surface area contributed by atoms with Gasteiger partial charge in [0.25, 0.3) is 0 Å². The van der Waals surface area contributed by atoms with Crippen LogP contribution in [0.15, 0.2) is 48.7 Å². The van der Waals surface area contributed by atoms with E-state index in [4.69, 9.17) is 27.9 Å². The van der Waals surface area contributed by atoms with Crippen LogP contribution >= 0.6 is 23.2 Å². The first-order valence-corrected chi connectivity index (χ1v) is 14.8. The summed E-state index contributed by atoms with van der Waals surface area (Å²) in [7, 11) is -3.56.